The quantitative estimate of drug-likeness (QED) is 0.0660. The van der Waals surface area contributed by atoms with Crippen LogP contribution in [0.15, 0.2) is 117 Å². The Kier molecular flexibility index (Phi) is 38.8. The third-order valence-corrected chi connectivity index (χ3v) is 14.6. The summed E-state index contributed by atoms with van der Waals surface area (Å²) in [6, 6.07) is 34.5. The van der Waals surface area contributed by atoms with Crippen LogP contribution in [-0.2, 0) is 95.3 Å². The molecule has 492 valence electrons. The van der Waals surface area contributed by atoms with Gasteiger partial charge in [0.05, 0.1) is 0 Å². The van der Waals surface area contributed by atoms with Gasteiger partial charge in [-0.05, 0) is 301 Å². The predicted molar refractivity (Wildman–Crippen MR) is 385 cm³/mol. The number of aryl methyl sites for hydroxylation is 24. The molecular formula is C76H92Cu4N8S2. The van der Waals surface area contributed by atoms with Crippen LogP contribution in [0.5, 0.6) is 0 Å². The molecule has 0 aliphatic heterocycles. The molecule has 8 aromatic carbocycles. The molecule has 0 spiro atoms. The summed E-state index contributed by atoms with van der Waals surface area (Å²) in [6.45, 7) is 50.3. The largest absolute Gasteiger partial charge is 2.00 e. The summed E-state index contributed by atoms with van der Waals surface area (Å²) in [5.41, 5.74) is 37.4. The number of hydrogen-bond donors (Lipinski definition) is 0. The second-order valence-electron chi connectivity index (χ2n) is 23.5. The second kappa shape index (κ2) is 40.4. The molecule has 0 heterocycles. The van der Waals surface area contributed by atoms with Gasteiger partial charge in [-0.3, -0.25) is 0 Å². The van der Waals surface area contributed by atoms with Gasteiger partial charge in [-0.25, -0.2) is 0 Å². The van der Waals surface area contributed by atoms with E-state index in [4.69, 9.17) is 0 Å². The smallest absolute Gasteiger partial charge is 2.00 e. The monoisotopic (exact) mass is 1430 g/mol. The van der Waals surface area contributed by atoms with E-state index < -0.39 is 0 Å². The van der Waals surface area contributed by atoms with Crippen molar-refractivity contribution in [2.45, 2.75) is 166 Å². The van der Waals surface area contributed by atoms with E-state index in [2.05, 4.69) is 304 Å². The van der Waals surface area contributed by atoms with Crippen molar-refractivity contribution in [3.63, 3.8) is 0 Å². The molecule has 0 unspecified atom stereocenters. The molecule has 0 saturated heterocycles. The molecule has 0 aliphatic rings. The molecule has 0 saturated carbocycles. The minimum absolute atomic E-state index is 0. The summed E-state index contributed by atoms with van der Waals surface area (Å²) in [5, 5.41) is 18.2. The zero-order chi connectivity index (χ0) is 62.3. The van der Waals surface area contributed by atoms with E-state index in [0.717, 1.165) is 45.5 Å². The van der Waals surface area contributed by atoms with Crippen LogP contribution in [-0.4, -0.2) is 25.4 Å². The average Bonchev–Trinajstić information content (AvgIpc) is 3.35. The van der Waals surface area contributed by atoms with Gasteiger partial charge in [0.2, 0.25) is 0 Å². The van der Waals surface area contributed by atoms with Gasteiger partial charge >= 0.3 is 68.3 Å². The third-order valence-electron chi connectivity index (χ3n) is 14.6. The number of benzene rings is 8. The molecule has 0 aliphatic carbocycles. The van der Waals surface area contributed by atoms with Gasteiger partial charge in [0.1, 0.15) is 0 Å². The van der Waals surface area contributed by atoms with E-state index in [9.17, 15) is 0 Å². The number of nitrogens with zero attached hydrogens (tertiary/aromatic N) is 8. The first-order valence-corrected chi connectivity index (χ1v) is 29.1. The van der Waals surface area contributed by atoms with Crippen LogP contribution in [0.3, 0.4) is 0 Å². The van der Waals surface area contributed by atoms with E-state index in [1.165, 1.54) is 134 Å². The maximum absolute atomic E-state index is 4.55. The van der Waals surface area contributed by atoms with E-state index >= 15 is 0 Å². The maximum Gasteiger partial charge on any atom is 2.00 e. The van der Waals surface area contributed by atoms with Crippen LogP contribution < -0.4 is 0 Å². The Morgan fingerprint density at radius 3 is 0.400 bits per heavy atom. The first kappa shape index (κ1) is 86.5. The predicted octanol–water partition coefficient (Wildman–Crippen LogP) is 23.6. The van der Waals surface area contributed by atoms with Crippen molar-refractivity contribution in [3.8, 4) is 0 Å². The molecule has 14 heteroatoms. The fourth-order valence-corrected chi connectivity index (χ4v) is 11.6. The molecule has 8 aromatic rings. The van der Waals surface area contributed by atoms with Gasteiger partial charge in [0.25, 0.3) is 0 Å². The molecule has 8 rings (SSSR count). The standard InChI is InChI=1S/4C19H23N2.4Cu.2S/c4*1-12-7-14(3)18(15(4)8-12)20-11-21-19-16(5)9-13(2)10-17(19)6;;;;;;/h4*7-11H,1-6H3;;;;;;/q4*-1;4*+2;2*-2. The SMILES string of the molecule is Cc1cc(C)c(N=C[N-]c2c(C)cc(C)cc2C)c(C)c1.Cc1cc(C)c(N=C[N-]c2c(C)cc(C)cc2C)c(C)c1.Cc1cc(C)c(N=C[N-]c2c(C)cc(C)cc2C)c(C)c1.Cc1cc(C)c(N=C[N-]c2c(C)cc(C)cc2C)c(C)c1.[Cu+2].[Cu+2].[Cu+2].[Cu+2].[S-2].[S-2]. The van der Waals surface area contributed by atoms with Gasteiger partial charge in [-0.2, -0.15) is 0 Å². The van der Waals surface area contributed by atoms with E-state index in [0.29, 0.717) is 0 Å². The zero-order valence-electron chi connectivity index (χ0n) is 57.1. The van der Waals surface area contributed by atoms with E-state index in [1.54, 1.807) is 25.4 Å². The Morgan fingerprint density at radius 2 is 0.289 bits per heavy atom. The Labute approximate surface area is 599 Å². The zero-order valence-corrected chi connectivity index (χ0v) is 62.5. The molecule has 0 bridgehead atoms. The molecule has 8 nitrogen and oxygen atoms in total. The molecule has 0 amide bonds. The van der Waals surface area contributed by atoms with Crippen LogP contribution >= 0.6 is 0 Å². The van der Waals surface area contributed by atoms with Crippen molar-refractivity contribution >= 4 is 97.8 Å². The fourth-order valence-electron chi connectivity index (χ4n) is 11.6. The topological polar surface area (TPSA) is 106 Å². The summed E-state index contributed by atoms with van der Waals surface area (Å²) in [5.74, 6) is 0. The van der Waals surface area contributed by atoms with E-state index in [-0.39, 0.29) is 95.3 Å². The number of hydrogen-bond acceptors (Lipinski definition) is 4. The van der Waals surface area contributed by atoms with Gasteiger partial charge < -0.3 is 68.2 Å². The molecular weight excluding hydrogens is 1340 g/mol. The Balaban J connectivity index is 0. The maximum atomic E-state index is 4.55. The molecule has 0 aromatic heterocycles. The van der Waals surface area contributed by atoms with Crippen LogP contribution in [0.2, 0.25) is 0 Å². The van der Waals surface area contributed by atoms with Crippen molar-refractivity contribution in [1.82, 2.24) is 0 Å². The van der Waals surface area contributed by atoms with Gasteiger partial charge in [0.15, 0.2) is 0 Å². The molecule has 0 atom stereocenters. The average molecular weight is 1440 g/mol. The Morgan fingerprint density at radius 1 is 0.189 bits per heavy atom. The van der Waals surface area contributed by atoms with Crippen molar-refractivity contribution in [3.05, 3.63) is 252 Å². The van der Waals surface area contributed by atoms with Gasteiger partial charge in [0, 0.05) is 0 Å². The van der Waals surface area contributed by atoms with Crippen molar-refractivity contribution in [2.75, 3.05) is 0 Å². The second-order valence-corrected chi connectivity index (χ2v) is 23.5. The third kappa shape index (κ3) is 25.5. The van der Waals surface area contributed by atoms with Gasteiger partial charge in [-0.15, -0.1) is 0 Å². The van der Waals surface area contributed by atoms with Crippen LogP contribution in [0.25, 0.3) is 21.3 Å². The molecule has 0 fully saturated rings. The first-order valence-electron chi connectivity index (χ1n) is 29.1. The molecule has 90 heavy (non-hydrogen) atoms. The summed E-state index contributed by atoms with van der Waals surface area (Å²) in [6.07, 6.45) is 6.70. The molecule has 0 N–H and O–H groups in total. The van der Waals surface area contributed by atoms with Crippen LogP contribution in [0.1, 0.15) is 134 Å². The minimum atomic E-state index is 0. The first-order chi connectivity index (χ1) is 39.5. The van der Waals surface area contributed by atoms with Gasteiger partial charge in [-0.1, -0.05) is 167 Å². The fraction of sp³-hybridized carbons (Fsp3) is 0.316. The Bertz CT molecular complexity index is 3130. The van der Waals surface area contributed by atoms with Crippen molar-refractivity contribution in [1.29, 1.82) is 0 Å². The minimum Gasteiger partial charge on any atom is -2.00 e. The summed E-state index contributed by atoms with van der Waals surface area (Å²) >= 11 is 0. The number of rotatable bonds is 12. The summed E-state index contributed by atoms with van der Waals surface area (Å²) in [4.78, 5) is 18.2. The summed E-state index contributed by atoms with van der Waals surface area (Å²) in [7, 11) is 0. The summed E-state index contributed by atoms with van der Waals surface area (Å²) < 4.78 is 0. The van der Waals surface area contributed by atoms with Crippen molar-refractivity contribution in [2.24, 2.45) is 20.0 Å². The Hall–Kier alpha value is -5.58. The van der Waals surface area contributed by atoms with Crippen LogP contribution in [0, 0.1) is 166 Å². The normalized spacial score (nSPS) is 10.4. The van der Waals surface area contributed by atoms with E-state index in [1.807, 2.05) is 0 Å². The van der Waals surface area contributed by atoms with Crippen molar-refractivity contribution < 1.29 is 68.3 Å². The number of aliphatic imine (C=N–C) groups is 4. The van der Waals surface area contributed by atoms with Crippen LogP contribution in [0.4, 0.5) is 45.5 Å². The molecule has 4 radical (unpaired) electrons.